The van der Waals surface area contributed by atoms with Crippen LogP contribution in [0.15, 0.2) is 0 Å². The fourth-order valence-corrected chi connectivity index (χ4v) is 3.15. The van der Waals surface area contributed by atoms with Gasteiger partial charge in [-0.15, -0.1) is 0 Å². The molecule has 0 aromatic heterocycles. The quantitative estimate of drug-likeness (QED) is 0.652. The number of piperidine rings is 1. The van der Waals surface area contributed by atoms with Crippen LogP contribution in [0.1, 0.15) is 0 Å². The van der Waals surface area contributed by atoms with Crippen molar-refractivity contribution in [1.82, 2.24) is 15.1 Å². The topological polar surface area (TPSA) is 18.5 Å². The number of hydrogen-bond acceptors (Lipinski definition) is 3. The highest BCUT2D eigenvalue weighted by Crippen LogP contribution is 2.48. The van der Waals surface area contributed by atoms with Crippen LogP contribution in [0.2, 0.25) is 0 Å². The Morgan fingerprint density at radius 2 is 1.71 bits per heavy atom. The maximum Gasteiger partial charge on any atom is 0.0110 e. The van der Waals surface area contributed by atoms with Crippen LogP contribution in [-0.4, -0.2) is 62.7 Å². The number of nitrogens with zero attached hydrogens (tertiary/aromatic N) is 2. The van der Waals surface area contributed by atoms with Gasteiger partial charge in [-0.25, -0.2) is 0 Å². The summed E-state index contributed by atoms with van der Waals surface area (Å²) in [5.41, 5.74) is 0. The van der Waals surface area contributed by atoms with E-state index in [1.54, 1.807) is 0 Å². The Labute approximate surface area is 86.4 Å². The largest absolute Gasteiger partial charge is 0.316 e. The zero-order chi connectivity index (χ0) is 9.54. The van der Waals surface area contributed by atoms with Crippen LogP contribution in [0.4, 0.5) is 0 Å². The van der Waals surface area contributed by atoms with Crippen LogP contribution in [0.3, 0.4) is 0 Å². The lowest BCUT2D eigenvalue weighted by molar-refractivity contribution is 0.145. The first kappa shape index (κ1) is 9.13. The van der Waals surface area contributed by atoms with Crippen molar-refractivity contribution in [3.63, 3.8) is 0 Å². The van der Waals surface area contributed by atoms with E-state index in [0.717, 1.165) is 17.8 Å². The van der Waals surface area contributed by atoms with E-state index in [-0.39, 0.29) is 0 Å². The van der Waals surface area contributed by atoms with Crippen molar-refractivity contribution in [1.29, 1.82) is 0 Å². The Bertz CT molecular complexity index is 201. The van der Waals surface area contributed by atoms with Gasteiger partial charge in [-0.3, -0.25) is 0 Å². The third kappa shape index (κ3) is 1.58. The van der Waals surface area contributed by atoms with Crippen molar-refractivity contribution in [2.75, 3.05) is 52.9 Å². The summed E-state index contributed by atoms with van der Waals surface area (Å²) in [5, 5.41) is 3.47. The van der Waals surface area contributed by atoms with E-state index >= 15 is 0 Å². The summed E-state index contributed by atoms with van der Waals surface area (Å²) < 4.78 is 0. The van der Waals surface area contributed by atoms with Crippen molar-refractivity contribution in [3.8, 4) is 0 Å². The molecule has 3 rings (SSSR count). The molecule has 0 aromatic carbocycles. The molecule has 2 atom stereocenters. The average Bonchev–Trinajstić information content (AvgIpc) is 2.63. The zero-order valence-electron chi connectivity index (χ0n) is 9.08. The maximum atomic E-state index is 3.47. The Hall–Kier alpha value is -0.120. The monoisotopic (exact) mass is 195 g/mol. The van der Waals surface area contributed by atoms with Gasteiger partial charge in [0.05, 0.1) is 0 Å². The summed E-state index contributed by atoms with van der Waals surface area (Å²) >= 11 is 0. The predicted octanol–water partition coefficient (Wildman–Crippen LogP) is -0.301. The predicted molar refractivity (Wildman–Crippen MR) is 57.3 cm³/mol. The number of rotatable bonds is 2. The molecule has 0 spiro atoms. The van der Waals surface area contributed by atoms with E-state index in [0.29, 0.717) is 0 Å². The number of nitrogens with one attached hydrogen (secondary N) is 1. The summed E-state index contributed by atoms with van der Waals surface area (Å²) in [5.74, 6) is 3.11. The molecule has 3 nitrogen and oxygen atoms in total. The SMILES string of the molecule is CN1CCN(CC2C3CNCC32)CC1. The molecule has 0 amide bonds. The summed E-state index contributed by atoms with van der Waals surface area (Å²) in [4.78, 5) is 5.11. The van der Waals surface area contributed by atoms with Crippen LogP contribution >= 0.6 is 0 Å². The highest BCUT2D eigenvalue weighted by molar-refractivity contribution is 5.04. The summed E-state index contributed by atoms with van der Waals surface area (Å²) in [6.45, 7) is 9.08. The molecule has 1 N–H and O–H groups in total. The van der Waals surface area contributed by atoms with Crippen molar-refractivity contribution in [3.05, 3.63) is 0 Å². The number of piperazine rings is 1. The second-order valence-corrected chi connectivity index (χ2v) is 5.25. The zero-order valence-corrected chi connectivity index (χ0v) is 9.08. The van der Waals surface area contributed by atoms with Crippen LogP contribution in [-0.2, 0) is 0 Å². The molecule has 1 saturated carbocycles. The van der Waals surface area contributed by atoms with E-state index in [9.17, 15) is 0 Å². The minimum atomic E-state index is 1.04. The second kappa shape index (κ2) is 3.47. The molecule has 3 aliphatic rings. The fraction of sp³-hybridized carbons (Fsp3) is 1.00. The normalized spacial score (nSPS) is 43.9. The maximum absolute atomic E-state index is 3.47. The second-order valence-electron chi connectivity index (χ2n) is 5.25. The van der Waals surface area contributed by atoms with Crippen molar-refractivity contribution < 1.29 is 0 Å². The van der Waals surface area contributed by atoms with E-state index in [1.807, 2.05) is 0 Å². The van der Waals surface area contributed by atoms with Gasteiger partial charge in [0.15, 0.2) is 0 Å². The molecule has 0 bridgehead atoms. The summed E-state index contributed by atoms with van der Waals surface area (Å²) in [6, 6.07) is 0. The molecule has 3 heteroatoms. The highest BCUT2D eigenvalue weighted by atomic mass is 15.2. The molecule has 14 heavy (non-hydrogen) atoms. The number of likely N-dealkylation sites (N-methyl/N-ethyl adjacent to an activating group) is 1. The molecule has 2 heterocycles. The molecular weight excluding hydrogens is 174 g/mol. The molecule has 3 fully saturated rings. The fourth-order valence-electron chi connectivity index (χ4n) is 3.15. The van der Waals surface area contributed by atoms with E-state index in [4.69, 9.17) is 0 Å². The minimum absolute atomic E-state index is 1.04. The van der Waals surface area contributed by atoms with Crippen LogP contribution in [0.5, 0.6) is 0 Å². The number of fused-ring (bicyclic) bond motifs is 1. The van der Waals surface area contributed by atoms with Gasteiger partial charge in [0.1, 0.15) is 0 Å². The van der Waals surface area contributed by atoms with Crippen LogP contribution in [0, 0.1) is 17.8 Å². The average molecular weight is 195 g/mol. The summed E-state index contributed by atoms with van der Waals surface area (Å²) in [6.07, 6.45) is 0. The smallest absolute Gasteiger partial charge is 0.0110 e. The molecule has 1 aliphatic carbocycles. The van der Waals surface area contributed by atoms with Crippen LogP contribution < -0.4 is 5.32 Å². The van der Waals surface area contributed by atoms with Crippen molar-refractivity contribution in [2.24, 2.45) is 17.8 Å². The molecule has 2 saturated heterocycles. The van der Waals surface area contributed by atoms with Gasteiger partial charge >= 0.3 is 0 Å². The van der Waals surface area contributed by atoms with E-state index in [2.05, 4.69) is 22.2 Å². The van der Waals surface area contributed by atoms with Crippen molar-refractivity contribution in [2.45, 2.75) is 0 Å². The summed E-state index contributed by atoms with van der Waals surface area (Å²) in [7, 11) is 2.23. The first-order valence-electron chi connectivity index (χ1n) is 5.96. The minimum Gasteiger partial charge on any atom is -0.316 e. The Morgan fingerprint density at radius 1 is 1.07 bits per heavy atom. The lowest BCUT2D eigenvalue weighted by Crippen LogP contribution is -2.45. The first-order valence-corrected chi connectivity index (χ1v) is 5.96. The standard InChI is InChI=1S/C11H21N3/c1-13-2-4-14(5-3-13)8-11-9-6-12-7-10(9)11/h9-12H,2-8H2,1H3. The molecule has 2 aliphatic heterocycles. The third-order valence-electron chi connectivity index (χ3n) is 4.33. The van der Waals surface area contributed by atoms with Gasteiger partial charge in [-0.1, -0.05) is 0 Å². The Kier molecular flexibility index (Phi) is 2.26. The lowest BCUT2D eigenvalue weighted by Gasteiger charge is -2.32. The molecule has 0 radical (unpaired) electrons. The van der Waals surface area contributed by atoms with Gasteiger partial charge in [0.25, 0.3) is 0 Å². The molecule has 80 valence electrons. The lowest BCUT2D eigenvalue weighted by atomic mass is 10.2. The van der Waals surface area contributed by atoms with Gasteiger partial charge in [0, 0.05) is 32.7 Å². The molecule has 0 aromatic rings. The van der Waals surface area contributed by atoms with E-state index < -0.39 is 0 Å². The highest BCUT2D eigenvalue weighted by Gasteiger charge is 2.52. The van der Waals surface area contributed by atoms with Gasteiger partial charge in [-0.2, -0.15) is 0 Å². The molecule has 2 unspecified atom stereocenters. The first-order chi connectivity index (χ1) is 6.84. The Balaban J connectivity index is 1.45. The third-order valence-corrected chi connectivity index (χ3v) is 4.33. The number of hydrogen-bond donors (Lipinski definition) is 1. The molecular formula is C11H21N3. The van der Waals surface area contributed by atoms with Gasteiger partial charge < -0.3 is 15.1 Å². The van der Waals surface area contributed by atoms with Crippen molar-refractivity contribution >= 4 is 0 Å². The van der Waals surface area contributed by atoms with Gasteiger partial charge in [0.2, 0.25) is 0 Å². The Morgan fingerprint density at radius 3 is 2.36 bits per heavy atom. The van der Waals surface area contributed by atoms with Gasteiger partial charge in [-0.05, 0) is 37.9 Å². The van der Waals surface area contributed by atoms with E-state index in [1.165, 1.54) is 45.8 Å². The van der Waals surface area contributed by atoms with Crippen LogP contribution in [0.25, 0.3) is 0 Å².